The van der Waals surface area contributed by atoms with Gasteiger partial charge in [-0.25, -0.2) is 9.98 Å². The molecule has 0 saturated heterocycles. The maximum absolute atomic E-state index is 8.88. The van der Waals surface area contributed by atoms with Gasteiger partial charge in [-0.1, -0.05) is 12.1 Å². The van der Waals surface area contributed by atoms with Crippen molar-refractivity contribution in [1.29, 1.82) is 5.26 Å². The van der Waals surface area contributed by atoms with E-state index in [9.17, 15) is 0 Å². The fraction of sp³-hybridized carbons (Fsp3) is 0.235. The number of anilines is 2. The van der Waals surface area contributed by atoms with E-state index in [2.05, 4.69) is 25.9 Å². The van der Waals surface area contributed by atoms with Crippen LogP contribution in [-0.4, -0.2) is 35.5 Å². The minimum Gasteiger partial charge on any atom is -0.396 e. The van der Waals surface area contributed by atoms with Crippen molar-refractivity contribution in [3.63, 3.8) is 0 Å². The number of nitrogens with zero attached hydrogens (tertiary/aromatic N) is 3. The van der Waals surface area contributed by atoms with Crippen LogP contribution in [0.1, 0.15) is 6.42 Å². The molecule has 4 N–H and O–H groups in total. The van der Waals surface area contributed by atoms with Crippen molar-refractivity contribution in [2.75, 3.05) is 30.3 Å². The van der Waals surface area contributed by atoms with Gasteiger partial charge in [0, 0.05) is 30.4 Å². The van der Waals surface area contributed by atoms with Crippen molar-refractivity contribution in [1.82, 2.24) is 10.3 Å². The molecule has 0 unspecified atom stereocenters. The lowest BCUT2D eigenvalue weighted by Gasteiger charge is -2.15. The Morgan fingerprint density at radius 1 is 1.38 bits per heavy atom. The molecular formula is C17H18N6O. The molecule has 1 aliphatic rings. The SMILES string of the molecule is N#CC1=NC=C(Nc2cc3cccc(NCCCO)c3cn2)NC1. The van der Waals surface area contributed by atoms with E-state index < -0.39 is 0 Å². The van der Waals surface area contributed by atoms with Gasteiger partial charge in [-0.05, 0) is 23.9 Å². The fourth-order valence-corrected chi connectivity index (χ4v) is 2.39. The van der Waals surface area contributed by atoms with Crippen LogP contribution in [0.5, 0.6) is 0 Å². The number of pyridine rings is 1. The predicted molar refractivity (Wildman–Crippen MR) is 94.7 cm³/mol. The van der Waals surface area contributed by atoms with Crippen molar-refractivity contribution in [3.8, 4) is 6.07 Å². The van der Waals surface area contributed by atoms with E-state index in [-0.39, 0.29) is 6.61 Å². The van der Waals surface area contributed by atoms with Crippen LogP contribution in [0.15, 0.2) is 47.5 Å². The molecule has 2 aromatic rings. The third-order valence-corrected chi connectivity index (χ3v) is 3.60. The molecule has 1 aromatic carbocycles. The normalized spacial score (nSPS) is 13.5. The highest BCUT2D eigenvalue weighted by atomic mass is 16.3. The minimum absolute atomic E-state index is 0.169. The van der Waals surface area contributed by atoms with Crippen LogP contribution in [0.25, 0.3) is 10.8 Å². The third kappa shape index (κ3) is 3.62. The summed E-state index contributed by atoms with van der Waals surface area (Å²) in [4.78, 5) is 8.49. The lowest BCUT2D eigenvalue weighted by molar-refractivity contribution is 0.292. The molecule has 0 atom stereocenters. The van der Waals surface area contributed by atoms with Gasteiger partial charge in [0.1, 0.15) is 23.4 Å². The van der Waals surface area contributed by atoms with Gasteiger partial charge in [0.25, 0.3) is 0 Å². The Balaban J connectivity index is 1.78. The molecule has 0 amide bonds. The quantitative estimate of drug-likeness (QED) is 0.605. The van der Waals surface area contributed by atoms with Gasteiger partial charge in [0.15, 0.2) is 0 Å². The van der Waals surface area contributed by atoms with E-state index in [0.29, 0.717) is 36.9 Å². The van der Waals surface area contributed by atoms with Crippen LogP contribution in [0.2, 0.25) is 0 Å². The van der Waals surface area contributed by atoms with Crippen LogP contribution >= 0.6 is 0 Å². The van der Waals surface area contributed by atoms with Gasteiger partial charge >= 0.3 is 0 Å². The summed E-state index contributed by atoms with van der Waals surface area (Å²) in [5.41, 5.74) is 1.45. The number of aliphatic hydroxyl groups excluding tert-OH is 1. The number of aliphatic imine (C=N–C) groups is 1. The first-order valence-electron chi connectivity index (χ1n) is 7.71. The molecule has 0 fully saturated rings. The van der Waals surface area contributed by atoms with Crippen molar-refractivity contribution in [2.45, 2.75) is 6.42 Å². The Morgan fingerprint density at radius 2 is 2.29 bits per heavy atom. The first kappa shape index (κ1) is 15.8. The second kappa shape index (κ2) is 7.44. The summed E-state index contributed by atoms with van der Waals surface area (Å²) < 4.78 is 0. The highest BCUT2D eigenvalue weighted by molar-refractivity contribution is 6.01. The minimum atomic E-state index is 0.169. The van der Waals surface area contributed by atoms with E-state index >= 15 is 0 Å². The summed E-state index contributed by atoms with van der Waals surface area (Å²) in [6.45, 7) is 1.29. The lowest BCUT2D eigenvalue weighted by Crippen LogP contribution is -2.28. The Hall–Kier alpha value is -3.11. The standard InChI is InChI=1S/C17H18N6O/c18-8-13-9-21-17(11-20-13)23-16-7-12-3-1-4-15(14(12)10-22-16)19-5-2-6-24/h1,3-4,7,10-11,19,21,24H,2,5-6,9H2,(H,22,23). The lowest BCUT2D eigenvalue weighted by atomic mass is 10.1. The highest BCUT2D eigenvalue weighted by Crippen LogP contribution is 2.25. The molecule has 0 radical (unpaired) electrons. The Morgan fingerprint density at radius 3 is 3.04 bits per heavy atom. The number of hydrogen-bond acceptors (Lipinski definition) is 7. The van der Waals surface area contributed by atoms with Gasteiger partial charge in [0.2, 0.25) is 0 Å². The average molecular weight is 322 g/mol. The van der Waals surface area contributed by atoms with Crippen LogP contribution in [0.4, 0.5) is 11.5 Å². The Labute approximate surface area is 139 Å². The fourth-order valence-electron chi connectivity index (χ4n) is 2.39. The Kier molecular flexibility index (Phi) is 4.89. The molecule has 3 rings (SSSR count). The molecule has 2 heterocycles. The van der Waals surface area contributed by atoms with Gasteiger partial charge in [-0.2, -0.15) is 5.26 Å². The molecule has 122 valence electrons. The number of nitriles is 1. The summed E-state index contributed by atoms with van der Waals surface area (Å²) in [5, 5.41) is 29.3. The van der Waals surface area contributed by atoms with Gasteiger partial charge in [-0.15, -0.1) is 0 Å². The first-order chi connectivity index (χ1) is 11.8. The summed E-state index contributed by atoms with van der Waals surface area (Å²) in [5.74, 6) is 1.41. The van der Waals surface area contributed by atoms with Crippen LogP contribution in [-0.2, 0) is 0 Å². The average Bonchev–Trinajstić information content (AvgIpc) is 2.62. The van der Waals surface area contributed by atoms with E-state index in [0.717, 1.165) is 16.5 Å². The zero-order chi connectivity index (χ0) is 16.8. The van der Waals surface area contributed by atoms with Crippen molar-refractivity contribution in [3.05, 3.63) is 42.5 Å². The summed E-state index contributed by atoms with van der Waals surface area (Å²) in [6.07, 6.45) is 4.10. The highest BCUT2D eigenvalue weighted by Gasteiger charge is 2.08. The number of benzene rings is 1. The summed E-state index contributed by atoms with van der Waals surface area (Å²) >= 11 is 0. The summed E-state index contributed by atoms with van der Waals surface area (Å²) in [7, 11) is 0. The van der Waals surface area contributed by atoms with E-state index in [1.165, 1.54) is 0 Å². The smallest absolute Gasteiger partial charge is 0.136 e. The summed E-state index contributed by atoms with van der Waals surface area (Å²) in [6, 6.07) is 9.97. The van der Waals surface area contributed by atoms with E-state index in [1.807, 2.05) is 36.5 Å². The molecule has 24 heavy (non-hydrogen) atoms. The monoisotopic (exact) mass is 322 g/mol. The maximum atomic E-state index is 8.88. The molecule has 1 aromatic heterocycles. The van der Waals surface area contributed by atoms with Gasteiger partial charge in [-0.3, -0.25) is 0 Å². The zero-order valence-corrected chi connectivity index (χ0v) is 13.1. The number of rotatable bonds is 6. The largest absolute Gasteiger partial charge is 0.396 e. The van der Waals surface area contributed by atoms with E-state index in [4.69, 9.17) is 10.4 Å². The molecule has 0 spiro atoms. The molecule has 7 nitrogen and oxygen atoms in total. The number of aliphatic hydroxyl groups is 1. The molecular weight excluding hydrogens is 304 g/mol. The number of nitrogens with one attached hydrogen (secondary N) is 3. The van der Waals surface area contributed by atoms with Crippen molar-refractivity contribution < 1.29 is 5.11 Å². The molecule has 7 heteroatoms. The van der Waals surface area contributed by atoms with Crippen LogP contribution < -0.4 is 16.0 Å². The number of aromatic nitrogens is 1. The second-order valence-corrected chi connectivity index (χ2v) is 5.31. The topological polar surface area (TPSA) is 105 Å². The molecule has 0 bridgehead atoms. The zero-order valence-electron chi connectivity index (χ0n) is 13.1. The van der Waals surface area contributed by atoms with Crippen LogP contribution in [0.3, 0.4) is 0 Å². The van der Waals surface area contributed by atoms with Gasteiger partial charge in [0.05, 0.1) is 12.7 Å². The van der Waals surface area contributed by atoms with Crippen LogP contribution in [0, 0.1) is 11.3 Å². The third-order valence-electron chi connectivity index (χ3n) is 3.60. The number of fused-ring (bicyclic) bond motifs is 1. The maximum Gasteiger partial charge on any atom is 0.136 e. The molecule has 1 aliphatic heterocycles. The molecule has 0 aliphatic carbocycles. The second-order valence-electron chi connectivity index (χ2n) is 5.31. The molecule has 0 saturated carbocycles. The predicted octanol–water partition coefficient (Wildman–Crippen LogP) is 1.81. The van der Waals surface area contributed by atoms with Crippen molar-refractivity contribution >= 4 is 28.0 Å². The van der Waals surface area contributed by atoms with Crippen molar-refractivity contribution in [2.24, 2.45) is 4.99 Å². The van der Waals surface area contributed by atoms with E-state index in [1.54, 1.807) is 6.20 Å². The van der Waals surface area contributed by atoms with Gasteiger partial charge < -0.3 is 21.1 Å². The number of hydrogen-bond donors (Lipinski definition) is 4. The Bertz CT molecular complexity index is 837. The first-order valence-corrected chi connectivity index (χ1v) is 7.71.